The highest BCUT2D eigenvalue weighted by Gasteiger charge is 2.27. The Morgan fingerprint density at radius 1 is 1.32 bits per heavy atom. The van der Waals surface area contributed by atoms with E-state index in [1.807, 2.05) is 13.0 Å². The van der Waals surface area contributed by atoms with Crippen LogP contribution < -0.4 is 4.72 Å². The molecule has 1 aliphatic carbocycles. The molecule has 0 atom stereocenters. The van der Waals surface area contributed by atoms with Crippen LogP contribution in [0, 0.1) is 0 Å². The molecule has 5 nitrogen and oxygen atoms in total. The predicted octanol–water partition coefficient (Wildman–Crippen LogP) is 2.45. The molecule has 0 bridgehead atoms. The van der Waals surface area contributed by atoms with Crippen LogP contribution in [0.4, 0.5) is 0 Å². The Morgan fingerprint density at radius 3 is 2.91 bits per heavy atom. The van der Waals surface area contributed by atoms with Crippen LogP contribution in [0.15, 0.2) is 39.8 Å². The third-order valence-corrected chi connectivity index (χ3v) is 5.23. The van der Waals surface area contributed by atoms with Crippen molar-refractivity contribution in [3.05, 3.63) is 53.0 Å². The monoisotopic (exact) mass is 319 g/mol. The number of aryl methyl sites for hydroxylation is 2. The highest BCUT2D eigenvalue weighted by Crippen LogP contribution is 2.27. The molecular formula is C16H17NO4S. The quantitative estimate of drug-likeness (QED) is 0.939. The second-order valence-electron chi connectivity index (χ2n) is 5.36. The smallest absolute Gasteiger partial charge is 0.300 e. The fourth-order valence-corrected chi connectivity index (χ4v) is 3.73. The number of benzene rings is 1. The summed E-state index contributed by atoms with van der Waals surface area (Å²) in [5.41, 5.74) is 2.72. The Bertz CT molecular complexity index is 820. The summed E-state index contributed by atoms with van der Waals surface area (Å²) < 4.78 is 32.0. The van der Waals surface area contributed by atoms with Gasteiger partial charge < -0.3 is 4.42 Å². The molecule has 1 aromatic carbocycles. The van der Waals surface area contributed by atoms with E-state index in [0.29, 0.717) is 0 Å². The van der Waals surface area contributed by atoms with Gasteiger partial charge in [-0.15, -0.1) is 0 Å². The summed E-state index contributed by atoms with van der Waals surface area (Å²) in [4.78, 5) is 12.3. The molecule has 1 aromatic heterocycles. The van der Waals surface area contributed by atoms with Crippen molar-refractivity contribution in [3.63, 3.8) is 0 Å². The third-order valence-electron chi connectivity index (χ3n) is 3.90. The van der Waals surface area contributed by atoms with Crippen LogP contribution in [0.25, 0.3) is 0 Å². The summed E-state index contributed by atoms with van der Waals surface area (Å²) in [5.74, 6) is -0.590. The van der Waals surface area contributed by atoms with Crippen molar-refractivity contribution >= 4 is 15.9 Å². The van der Waals surface area contributed by atoms with Crippen molar-refractivity contribution in [2.24, 2.45) is 0 Å². The van der Waals surface area contributed by atoms with Crippen LogP contribution in [-0.2, 0) is 29.3 Å². The number of carbonyl (C=O) groups excluding carboxylic acids is 1. The number of sulfonamides is 1. The average Bonchev–Trinajstić information content (AvgIpc) is 3.09. The first-order valence-electron chi connectivity index (χ1n) is 7.26. The van der Waals surface area contributed by atoms with E-state index in [9.17, 15) is 13.2 Å². The average molecular weight is 319 g/mol. The van der Waals surface area contributed by atoms with Crippen molar-refractivity contribution in [1.82, 2.24) is 4.72 Å². The van der Waals surface area contributed by atoms with Gasteiger partial charge in [0.25, 0.3) is 10.0 Å². The zero-order valence-corrected chi connectivity index (χ0v) is 13.1. The molecule has 0 unspecified atom stereocenters. The van der Waals surface area contributed by atoms with E-state index in [1.165, 1.54) is 6.07 Å². The standard InChI is InChI=1S/C16H17NO4S/c1-2-11-5-3-7-13(9-11)22(19,20)17-16(18)15-14-8-4-6-12(14)10-21-15/h3,5,7,9-10H,2,4,6,8H2,1H3,(H,17,18). The third kappa shape index (κ3) is 2.66. The highest BCUT2D eigenvalue weighted by molar-refractivity contribution is 7.90. The lowest BCUT2D eigenvalue weighted by Crippen LogP contribution is -2.30. The number of furan rings is 1. The van der Waals surface area contributed by atoms with Gasteiger partial charge in [-0.2, -0.15) is 0 Å². The fraction of sp³-hybridized carbons (Fsp3) is 0.312. The molecule has 0 fully saturated rings. The van der Waals surface area contributed by atoms with E-state index < -0.39 is 15.9 Å². The van der Waals surface area contributed by atoms with Gasteiger partial charge in [0.2, 0.25) is 0 Å². The molecule has 6 heteroatoms. The number of amides is 1. The van der Waals surface area contributed by atoms with Crippen LogP contribution in [0.1, 0.15) is 40.6 Å². The second-order valence-corrected chi connectivity index (χ2v) is 7.04. The molecule has 1 amide bonds. The fourth-order valence-electron chi connectivity index (χ4n) is 2.71. The Hall–Kier alpha value is -2.08. The molecule has 1 heterocycles. The van der Waals surface area contributed by atoms with Crippen LogP contribution in [0.2, 0.25) is 0 Å². The summed E-state index contributed by atoms with van der Waals surface area (Å²) in [6.45, 7) is 1.94. The molecule has 116 valence electrons. The van der Waals surface area contributed by atoms with Gasteiger partial charge in [-0.05, 0) is 48.9 Å². The van der Waals surface area contributed by atoms with Gasteiger partial charge in [0.1, 0.15) is 0 Å². The van der Waals surface area contributed by atoms with E-state index in [2.05, 4.69) is 4.72 Å². The Kier molecular flexibility index (Phi) is 3.78. The van der Waals surface area contributed by atoms with Gasteiger partial charge in [0.15, 0.2) is 5.76 Å². The first-order valence-corrected chi connectivity index (χ1v) is 8.75. The number of hydrogen-bond acceptors (Lipinski definition) is 4. The summed E-state index contributed by atoms with van der Waals surface area (Å²) in [5, 5.41) is 0. The molecule has 0 radical (unpaired) electrons. The molecule has 0 saturated heterocycles. The largest absolute Gasteiger partial charge is 0.459 e. The minimum Gasteiger partial charge on any atom is -0.459 e. The van der Waals surface area contributed by atoms with Crippen molar-refractivity contribution in [1.29, 1.82) is 0 Å². The summed E-state index contributed by atoms with van der Waals surface area (Å²) >= 11 is 0. The zero-order valence-electron chi connectivity index (χ0n) is 12.3. The minimum atomic E-state index is -3.90. The van der Waals surface area contributed by atoms with Crippen molar-refractivity contribution in [2.45, 2.75) is 37.5 Å². The Morgan fingerprint density at radius 2 is 2.14 bits per heavy atom. The lowest BCUT2D eigenvalue weighted by molar-refractivity contribution is 0.0953. The van der Waals surface area contributed by atoms with Gasteiger partial charge in [-0.3, -0.25) is 4.79 Å². The number of hydrogen-bond donors (Lipinski definition) is 1. The van der Waals surface area contributed by atoms with E-state index in [1.54, 1.807) is 18.4 Å². The Labute approximate surface area is 129 Å². The normalized spacial score (nSPS) is 13.9. The maximum Gasteiger partial charge on any atom is 0.300 e. The zero-order chi connectivity index (χ0) is 15.7. The van der Waals surface area contributed by atoms with Gasteiger partial charge in [0.05, 0.1) is 11.2 Å². The van der Waals surface area contributed by atoms with Crippen LogP contribution >= 0.6 is 0 Å². The highest BCUT2D eigenvalue weighted by atomic mass is 32.2. The number of carbonyl (C=O) groups is 1. The van der Waals surface area contributed by atoms with Crippen molar-refractivity contribution < 1.29 is 17.6 Å². The van der Waals surface area contributed by atoms with E-state index >= 15 is 0 Å². The summed E-state index contributed by atoms with van der Waals surface area (Å²) in [6, 6.07) is 6.56. The number of nitrogens with one attached hydrogen (secondary N) is 1. The minimum absolute atomic E-state index is 0.0865. The summed E-state index contributed by atoms with van der Waals surface area (Å²) in [7, 11) is -3.90. The summed E-state index contributed by atoms with van der Waals surface area (Å²) in [6.07, 6.45) is 4.86. The molecule has 1 N–H and O–H groups in total. The maximum atomic E-state index is 12.3. The van der Waals surface area contributed by atoms with E-state index in [0.717, 1.165) is 42.4 Å². The predicted molar refractivity (Wildman–Crippen MR) is 81.2 cm³/mol. The van der Waals surface area contributed by atoms with E-state index in [-0.39, 0.29) is 10.7 Å². The molecule has 0 aliphatic heterocycles. The van der Waals surface area contributed by atoms with Gasteiger partial charge in [-0.25, -0.2) is 13.1 Å². The van der Waals surface area contributed by atoms with Crippen LogP contribution in [0.3, 0.4) is 0 Å². The first-order chi connectivity index (χ1) is 10.5. The molecule has 0 spiro atoms. The van der Waals surface area contributed by atoms with Gasteiger partial charge in [-0.1, -0.05) is 19.1 Å². The van der Waals surface area contributed by atoms with Crippen molar-refractivity contribution in [3.8, 4) is 0 Å². The first kappa shape index (κ1) is 14.8. The molecule has 2 aromatic rings. The maximum absolute atomic E-state index is 12.3. The van der Waals surface area contributed by atoms with Crippen LogP contribution in [0.5, 0.6) is 0 Å². The second kappa shape index (κ2) is 5.61. The number of rotatable bonds is 4. The van der Waals surface area contributed by atoms with Crippen LogP contribution in [-0.4, -0.2) is 14.3 Å². The molecule has 3 rings (SSSR count). The molecular weight excluding hydrogens is 302 g/mol. The molecule has 22 heavy (non-hydrogen) atoms. The lowest BCUT2D eigenvalue weighted by atomic mass is 10.2. The Balaban J connectivity index is 1.86. The SMILES string of the molecule is CCc1cccc(S(=O)(=O)NC(=O)c2occ3c2CCC3)c1. The van der Waals surface area contributed by atoms with Gasteiger partial charge in [0, 0.05) is 5.56 Å². The van der Waals surface area contributed by atoms with Crippen molar-refractivity contribution in [2.75, 3.05) is 0 Å². The molecule has 0 saturated carbocycles. The lowest BCUT2D eigenvalue weighted by Gasteiger charge is -2.07. The van der Waals surface area contributed by atoms with E-state index in [4.69, 9.17) is 4.42 Å². The topological polar surface area (TPSA) is 76.4 Å². The number of fused-ring (bicyclic) bond motifs is 1. The molecule has 1 aliphatic rings. The van der Waals surface area contributed by atoms with Gasteiger partial charge >= 0.3 is 5.91 Å².